The highest BCUT2D eigenvalue weighted by atomic mass is 16.5. The van der Waals surface area contributed by atoms with Gasteiger partial charge < -0.3 is 9.64 Å². The summed E-state index contributed by atoms with van der Waals surface area (Å²) in [6.07, 6.45) is 0. The van der Waals surface area contributed by atoms with Crippen LogP contribution < -0.4 is 9.75 Å². The van der Waals surface area contributed by atoms with Crippen LogP contribution in [0.15, 0.2) is 102 Å². The van der Waals surface area contributed by atoms with E-state index in [2.05, 4.69) is 29.1 Å². The maximum Gasteiger partial charge on any atom is 0.157 e. The smallest absolute Gasteiger partial charge is 0.157 e. The zero-order chi connectivity index (χ0) is 21.9. The first kappa shape index (κ1) is 19.8. The van der Waals surface area contributed by atoms with Gasteiger partial charge in [0.2, 0.25) is 0 Å². The molecule has 1 aliphatic rings. The Balaban J connectivity index is 1.38. The second-order valence-corrected chi connectivity index (χ2v) is 7.82. The monoisotopic (exact) mass is 420 g/mol. The average Bonchev–Trinajstić information content (AvgIpc) is 3.22. The standard InChI is InChI=1S/C27H24N4O/c1-20-9-6-16-26(28-20)22-12-7-14-24(17-22)32-25-15-8-13-23(18-25)31-19-30(2)27(29-31)21-10-4-3-5-11-21/h3-18H,19H2,1-2H3. The predicted molar refractivity (Wildman–Crippen MR) is 129 cm³/mol. The molecule has 5 rings (SSSR count). The Morgan fingerprint density at radius 2 is 1.47 bits per heavy atom. The molecule has 0 unspecified atom stereocenters. The highest BCUT2D eigenvalue weighted by Gasteiger charge is 2.22. The van der Waals surface area contributed by atoms with E-state index in [0.29, 0.717) is 6.67 Å². The summed E-state index contributed by atoms with van der Waals surface area (Å²) >= 11 is 0. The Bertz CT molecular complexity index is 1270. The molecule has 0 amide bonds. The number of aromatic nitrogens is 1. The van der Waals surface area contributed by atoms with Gasteiger partial charge in [0.25, 0.3) is 0 Å². The van der Waals surface area contributed by atoms with Gasteiger partial charge in [-0.1, -0.05) is 54.6 Å². The molecule has 5 heteroatoms. The zero-order valence-corrected chi connectivity index (χ0v) is 18.1. The molecular weight excluding hydrogens is 396 g/mol. The van der Waals surface area contributed by atoms with Crippen molar-refractivity contribution in [3.05, 3.63) is 108 Å². The van der Waals surface area contributed by atoms with Gasteiger partial charge in [-0.2, -0.15) is 5.10 Å². The number of hydrogen-bond donors (Lipinski definition) is 0. The Morgan fingerprint density at radius 1 is 0.750 bits per heavy atom. The van der Waals surface area contributed by atoms with Gasteiger partial charge >= 0.3 is 0 Å². The van der Waals surface area contributed by atoms with Crippen LogP contribution in [0.5, 0.6) is 11.5 Å². The first-order valence-electron chi connectivity index (χ1n) is 10.6. The molecule has 32 heavy (non-hydrogen) atoms. The average molecular weight is 421 g/mol. The number of aryl methyl sites for hydroxylation is 1. The lowest BCUT2D eigenvalue weighted by Crippen LogP contribution is -2.27. The van der Waals surface area contributed by atoms with E-state index in [0.717, 1.165) is 45.5 Å². The summed E-state index contributed by atoms with van der Waals surface area (Å²) in [7, 11) is 2.05. The summed E-state index contributed by atoms with van der Waals surface area (Å²) < 4.78 is 6.19. The number of hydrazone groups is 1. The highest BCUT2D eigenvalue weighted by Crippen LogP contribution is 2.30. The molecule has 0 saturated carbocycles. The Kier molecular flexibility index (Phi) is 5.30. The molecule has 1 aromatic heterocycles. The second kappa shape index (κ2) is 8.55. The molecule has 0 spiro atoms. The van der Waals surface area contributed by atoms with Gasteiger partial charge in [0.05, 0.1) is 11.4 Å². The van der Waals surface area contributed by atoms with Crippen molar-refractivity contribution in [1.82, 2.24) is 9.88 Å². The van der Waals surface area contributed by atoms with E-state index in [4.69, 9.17) is 9.84 Å². The summed E-state index contributed by atoms with van der Waals surface area (Å²) in [5, 5.41) is 6.82. The van der Waals surface area contributed by atoms with Crippen LogP contribution in [0.2, 0.25) is 0 Å². The minimum atomic E-state index is 0.683. The van der Waals surface area contributed by atoms with Crippen molar-refractivity contribution < 1.29 is 4.74 Å². The maximum absolute atomic E-state index is 6.19. The van der Waals surface area contributed by atoms with Crippen molar-refractivity contribution in [2.24, 2.45) is 5.10 Å². The van der Waals surface area contributed by atoms with Crippen molar-refractivity contribution >= 4 is 11.5 Å². The first-order valence-corrected chi connectivity index (χ1v) is 10.6. The fourth-order valence-electron chi connectivity index (χ4n) is 3.76. The number of anilines is 1. The summed E-state index contributed by atoms with van der Waals surface area (Å²) in [6.45, 7) is 2.68. The number of hydrogen-bond acceptors (Lipinski definition) is 5. The Morgan fingerprint density at radius 3 is 2.28 bits per heavy atom. The zero-order valence-electron chi connectivity index (χ0n) is 18.1. The van der Waals surface area contributed by atoms with Gasteiger partial charge in [-0.25, -0.2) is 5.01 Å². The molecule has 0 N–H and O–H groups in total. The SMILES string of the molecule is Cc1cccc(-c2cccc(Oc3cccc(N4CN(C)C(c5ccccc5)=N4)c3)c2)n1. The van der Waals surface area contributed by atoms with E-state index >= 15 is 0 Å². The Hall–Kier alpha value is -4.12. The lowest BCUT2D eigenvalue weighted by molar-refractivity contribution is 0.482. The van der Waals surface area contributed by atoms with E-state index in [-0.39, 0.29) is 0 Å². The summed E-state index contributed by atoms with van der Waals surface area (Å²) in [5.41, 5.74) is 5.04. The molecule has 0 atom stereocenters. The third kappa shape index (κ3) is 4.18. The number of amidine groups is 1. The van der Waals surface area contributed by atoms with Crippen LogP contribution in [-0.2, 0) is 0 Å². The lowest BCUT2D eigenvalue weighted by atomic mass is 10.1. The van der Waals surface area contributed by atoms with Crippen LogP contribution in [0.25, 0.3) is 11.3 Å². The predicted octanol–water partition coefficient (Wildman–Crippen LogP) is 5.92. The normalized spacial score (nSPS) is 13.2. The molecule has 0 aliphatic carbocycles. The van der Waals surface area contributed by atoms with Crippen LogP contribution in [0, 0.1) is 6.92 Å². The molecular formula is C27H24N4O. The quantitative estimate of drug-likeness (QED) is 0.402. The fraction of sp³-hybridized carbons (Fsp3) is 0.111. The highest BCUT2D eigenvalue weighted by molar-refractivity contribution is 6.00. The minimum Gasteiger partial charge on any atom is -0.457 e. The van der Waals surface area contributed by atoms with Crippen molar-refractivity contribution in [3.8, 4) is 22.8 Å². The van der Waals surface area contributed by atoms with E-state index in [1.807, 2.05) is 96.9 Å². The third-order valence-electron chi connectivity index (χ3n) is 5.32. The number of benzene rings is 3. The van der Waals surface area contributed by atoms with Crippen LogP contribution in [0.4, 0.5) is 5.69 Å². The molecule has 3 aromatic carbocycles. The summed E-state index contributed by atoms with van der Waals surface area (Å²) in [5.74, 6) is 2.49. The van der Waals surface area contributed by atoms with Crippen molar-refractivity contribution in [1.29, 1.82) is 0 Å². The van der Waals surface area contributed by atoms with Gasteiger partial charge in [-0.05, 0) is 43.3 Å². The maximum atomic E-state index is 6.19. The van der Waals surface area contributed by atoms with E-state index in [1.165, 1.54) is 0 Å². The topological polar surface area (TPSA) is 41.0 Å². The van der Waals surface area contributed by atoms with Crippen molar-refractivity contribution in [3.63, 3.8) is 0 Å². The number of rotatable bonds is 5. The lowest BCUT2D eigenvalue weighted by Gasteiger charge is -2.17. The number of ether oxygens (including phenoxy) is 1. The van der Waals surface area contributed by atoms with Crippen molar-refractivity contribution in [2.45, 2.75) is 6.92 Å². The van der Waals surface area contributed by atoms with E-state index in [9.17, 15) is 0 Å². The summed E-state index contributed by atoms with van der Waals surface area (Å²) in [4.78, 5) is 6.76. The molecule has 5 nitrogen and oxygen atoms in total. The Labute approximate surface area is 188 Å². The van der Waals surface area contributed by atoms with Gasteiger partial charge in [0, 0.05) is 29.9 Å². The molecule has 4 aromatic rings. The van der Waals surface area contributed by atoms with Gasteiger partial charge in [0.1, 0.15) is 18.2 Å². The van der Waals surface area contributed by atoms with Crippen molar-refractivity contribution in [2.75, 3.05) is 18.7 Å². The third-order valence-corrected chi connectivity index (χ3v) is 5.32. The molecule has 0 saturated heterocycles. The van der Waals surface area contributed by atoms with Crippen LogP contribution in [-0.4, -0.2) is 29.4 Å². The van der Waals surface area contributed by atoms with Crippen LogP contribution in [0.1, 0.15) is 11.3 Å². The van der Waals surface area contributed by atoms with Gasteiger partial charge in [0.15, 0.2) is 5.84 Å². The van der Waals surface area contributed by atoms with E-state index < -0.39 is 0 Å². The molecule has 0 bridgehead atoms. The molecule has 0 radical (unpaired) electrons. The summed E-state index contributed by atoms with van der Waals surface area (Å²) in [6, 6.07) is 32.3. The molecule has 0 fully saturated rings. The fourth-order valence-corrected chi connectivity index (χ4v) is 3.76. The molecule has 158 valence electrons. The first-order chi connectivity index (χ1) is 15.7. The van der Waals surface area contributed by atoms with Crippen LogP contribution in [0.3, 0.4) is 0 Å². The number of nitrogens with zero attached hydrogens (tertiary/aromatic N) is 4. The van der Waals surface area contributed by atoms with Gasteiger partial charge in [-0.3, -0.25) is 4.98 Å². The van der Waals surface area contributed by atoms with Gasteiger partial charge in [-0.15, -0.1) is 0 Å². The minimum absolute atomic E-state index is 0.683. The second-order valence-electron chi connectivity index (χ2n) is 7.82. The van der Waals surface area contributed by atoms with Crippen LogP contribution >= 0.6 is 0 Å². The molecule has 1 aliphatic heterocycles. The number of pyridine rings is 1. The molecule has 2 heterocycles. The van der Waals surface area contributed by atoms with E-state index in [1.54, 1.807) is 0 Å². The largest absolute Gasteiger partial charge is 0.457 e.